The number of hydrogen-bond donors (Lipinski definition) is 2. The Morgan fingerprint density at radius 1 is 1.29 bits per heavy atom. The quantitative estimate of drug-likeness (QED) is 0.814. The number of nitrogens with zero attached hydrogens (tertiary/aromatic N) is 2. The molecule has 0 aliphatic carbocycles. The van der Waals surface area contributed by atoms with Gasteiger partial charge in [-0.3, -0.25) is 9.71 Å². The third-order valence-electron chi connectivity index (χ3n) is 2.78. The molecule has 0 fully saturated rings. The lowest BCUT2D eigenvalue weighted by atomic mass is 10.2. The number of nitrogens with two attached hydrogens (primary N) is 1. The molecular formula is C14H14N4O2S. The van der Waals surface area contributed by atoms with Gasteiger partial charge in [-0.25, -0.2) is 8.42 Å². The number of nitriles is 1. The van der Waals surface area contributed by atoms with E-state index in [0.717, 1.165) is 0 Å². The Morgan fingerprint density at radius 3 is 2.76 bits per heavy atom. The fourth-order valence-electron chi connectivity index (χ4n) is 1.75. The summed E-state index contributed by atoms with van der Waals surface area (Å²) in [6.45, 7) is 0. The first kappa shape index (κ1) is 14.8. The Hall–Kier alpha value is -2.59. The summed E-state index contributed by atoms with van der Waals surface area (Å²) < 4.78 is 26.5. The van der Waals surface area contributed by atoms with Gasteiger partial charge in [-0.2, -0.15) is 5.26 Å². The molecule has 0 bridgehead atoms. The van der Waals surface area contributed by atoms with Crippen LogP contribution in [0.2, 0.25) is 0 Å². The number of pyridine rings is 1. The largest absolute Gasteiger partial charge is 0.399 e. The molecule has 6 nitrogen and oxygen atoms in total. The van der Waals surface area contributed by atoms with E-state index < -0.39 is 10.0 Å². The molecule has 0 amide bonds. The van der Waals surface area contributed by atoms with E-state index in [1.807, 2.05) is 6.07 Å². The predicted molar refractivity (Wildman–Crippen MR) is 80.9 cm³/mol. The van der Waals surface area contributed by atoms with Crippen molar-refractivity contribution in [2.75, 3.05) is 16.2 Å². The number of anilines is 2. The van der Waals surface area contributed by atoms with Gasteiger partial charge in [0, 0.05) is 24.0 Å². The van der Waals surface area contributed by atoms with Crippen molar-refractivity contribution in [1.29, 1.82) is 5.26 Å². The first-order valence-corrected chi connectivity index (χ1v) is 7.85. The van der Waals surface area contributed by atoms with Gasteiger partial charge in [-0.05, 0) is 30.3 Å². The van der Waals surface area contributed by atoms with Gasteiger partial charge in [0.1, 0.15) is 6.07 Å². The summed E-state index contributed by atoms with van der Waals surface area (Å²) in [4.78, 5) is 4.07. The van der Waals surface area contributed by atoms with Crippen LogP contribution >= 0.6 is 0 Å². The van der Waals surface area contributed by atoms with Crippen molar-refractivity contribution < 1.29 is 8.42 Å². The second-order valence-corrected chi connectivity index (χ2v) is 6.25. The first-order chi connectivity index (χ1) is 10.00. The van der Waals surface area contributed by atoms with Crippen molar-refractivity contribution in [3.8, 4) is 6.07 Å². The summed E-state index contributed by atoms with van der Waals surface area (Å²) in [5.41, 5.74) is 7.09. The number of aryl methyl sites for hydroxylation is 1. The monoisotopic (exact) mass is 302 g/mol. The summed E-state index contributed by atoms with van der Waals surface area (Å²) in [5, 5.41) is 9.00. The number of sulfonamides is 1. The lowest BCUT2D eigenvalue weighted by Gasteiger charge is -2.09. The van der Waals surface area contributed by atoms with E-state index in [1.165, 1.54) is 18.2 Å². The average Bonchev–Trinajstić information content (AvgIpc) is 2.48. The zero-order valence-corrected chi connectivity index (χ0v) is 12.0. The van der Waals surface area contributed by atoms with Crippen molar-refractivity contribution >= 4 is 21.4 Å². The van der Waals surface area contributed by atoms with Crippen LogP contribution in [-0.4, -0.2) is 19.2 Å². The topological polar surface area (TPSA) is 109 Å². The smallest absolute Gasteiger partial charge is 0.233 e. The highest BCUT2D eigenvalue weighted by atomic mass is 32.2. The van der Waals surface area contributed by atoms with Crippen LogP contribution in [0, 0.1) is 11.3 Å². The van der Waals surface area contributed by atoms with Crippen molar-refractivity contribution in [3.05, 3.63) is 53.9 Å². The molecule has 0 aliphatic rings. The van der Waals surface area contributed by atoms with Gasteiger partial charge in [-0.1, -0.05) is 6.07 Å². The van der Waals surface area contributed by atoms with Gasteiger partial charge >= 0.3 is 0 Å². The van der Waals surface area contributed by atoms with Crippen LogP contribution in [-0.2, 0) is 16.4 Å². The van der Waals surface area contributed by atoms with Gasteiger partial charge in [0.2, 0.25) is 10.0 Å². The van der Waals surface area contributed by atoms with E-state index in [0.29, 0.717) is 17.8 Å². The lowest BCUT2D eigenvalue weighted by molar-refractivity contribution is 0.600. The van der Waals surface area contributed by atoms with Gasteiger partial charge in [0.15, 0.2) is 0 Å². The van der Waals surface area contributed by atoms with Crippen LogP contribution in [0.3, 0.4) is 0 Å². The molecule has 108 valence electrons. The molecule has 1 aromatic heterocycles. The van der Waals surface area contributed by atoms with Crippen LogP contribution in [0.25, 0.3) is 0 Å². The minimum atomic E-state index is -3.56. The fraction of sp³-hybridized carbons (Fsp3) is 0.143. The Bertz CT molecular complexity index is 767. The molecular weight excluding hydrogens is 288 g/mol. The van der Waals surface area contributed by atoms with E-state index in [-0.39, 0.29) is 17.0 Å². The highest BCUT2D eigenvalue weighted by Gasteiger charge is 2.13. The molecule has 0 radical (unpaired) electrons. The molecule has 0 spiro atoms. The molecule has 0 atom stereocenters. The molecule has 1 aromatic carbocycles. The van der Waals surface area contributed by atoms with E-state index in [4.69, 9.17) is 11.0 Å². The number of aromatic nitrogens is 1. The van der Waals surface area contributed by atoms with Gasteiger partial charge in [0.05, 0.1) is 17.0 Å². The first-order valence-electron chi connectivity index (χ1n) is 6.20. The lowest BCUT2D eigenvalue weighted by Crippen LogP contribution is -2.19. The standard InChI is InChI=1S/C14H14N4O2S/c15-10-11-9-12(16)4-5-14(11)18-21(19,20)8-6-13-3-1-2-7-17-13/h1-5,7,9,18H,6,8,16H2. The molecule has 0 saturated carbocycles. The number of nitrogen functional groups attached to an aromatic ring is 1. The Balaban J connectivity index is 2.10. The van der Waals surface area contributed by atoms with E-state index in [9.17, 15) is 8.42 Å². The summed E-state index contributed by atoms with van der Waals surface area (Å²) in [7, 11) is -3.56. The van der Waals surface area contributed by atoms with Gasteiger partial charge < -0.3 is 5.73 Å². The maximum absolute atomic E-state index is 12.0. The highest BCUT2D eigenvalue weighted by molar-refractivity contribution is 7.92. The highest BCUT2D eigenvalue weighted by Crippen LogP contribution is 2.19. The second kappa shape index (κ2) is 6.24. The molecule has 0 aliphatic heterocycles. The van der Waals surface area contributed by atoms with Crippen LogP contribution in [0.4, 0.5) is 11.4 Å². The summed E-state index contributed by atoms with van der Waals surface area (Å²) >= 11 is 0. The van der Waals surface area contributed by atoms with Crippen LogP contribution in [0.5, 0.6) is 0 Å². The third-order valence-corrected chi connectivity index (χ3v) is 4.06. The molecule has 21 heavy (non-hydrogen) atoms. The van der Waals surface area contributed by atoms with E-state index in [2.05, 4.69) is 9.71 Å². The third kappa shape index (κ3) is 4.19. The predicted octanol–water partition coefficient (Wildman–Crippen LogP) is 1.52. The maximum atomic E-state index is 12.0. The minimum Gasteiger partial charge on any atom is -0.399 e. The zero-order chi connectivity index (χ0) is 15.3. The van der Waals surface area contributed by atoms with Crippen molar-refractivity contribution in [1.82, 2.24) is 4.98 Å². The van der Waals surface area contributed by atoms with Gasteiger partial charge in [-0.15, -0.1) is 0 Å². The molecule has 1 heterocycles. The Kier molecular flexibility index (Phi) is 4.40. The molecule has 7 heteroatoms. The number of rotatable bonds is 5. The van der Waals surface area contributed by atoms with Crippen LogP contribution in [0.1, 0.15) is 11.3 Å². The number of nitrogens with one attached hydrogen (secondary N) is 1. The molecule has 2 aromatic rings. The molecule has 2 rings (SSSR count). The maximum Gasteiger partial charge on any atom is 0.233 e. The SMILES string of the molecule is N#Cc1cc(N)ccc1NS(=O)(=O)CCc1ccccn1. The van der Waals surface area contributed by atoms with Crippen molar-refractivity contribution in [2.45, 2.75) is 6.42 Å². The molecule has 0 saturated heterocycles. The Morgan fingerprint density at radius 2 is 2.10 bits per heavy atom. The average molecular weight is 302 g/mol. The normalized spacial score (nSPS) is 10.8. The van der Waals surface area contributed by atoms with E-state index in [1.54, 1.807) is 24.4 Å². The molecule has 3 N–H and O–H groups in total. The summed E-state index contributed by atoms with van der Waals surface area (Å²) in [6, 6.07) is 11.7. The van der Waals surface area contributed by atoms with Crippen LogP contribution < -0.4 is 10.5 Å². The molecule has 0 unspecified atom stereocenters. The van der Waals surface area contributed by atoms with Crippen LogP contribution in [0.15, 0.2) is 42.6 Å². The number of hydrogen-bond acceptors (Lipinski definition) is 5. The summed E-state index contributed by atoms with van der Waals surface area (Å²) in [5.74, 6) is -0.112. The Labute approximate surface area is 123 Å². The van der Waals surface area contributed by atoms with Crippen molar-refractivity contribution in [3.63, 3.8) is 0 Å². The fourth-order valence-corrected chi connectivity index (χ4v) is 2.84. The minimum absolute atomic E-state index is 0.112. The van der Waals surface area contributed by atoms with Gasteiger partial charge in [0.25, 0.3) is 0 Å². The second-order valence-electron chi connectivity index (χ2n) is 4.41. The summed E-state index contributed by atoms with van der Waals surface area (Å²) in [6.07, 6.45) is 1.91. The zero-order valence-electron chi connectivity index (χ0n) is 11.2. The number of benzene rings is 1. The van der Waals surface area contributed by atoms with E-state index >= 15 is 0 Å². The van der Waals surface area contributed by atoms with Crippen molar-refractivity contribution in [2.24, 2.45) is 0 Å².